The third kappa shape index (κ3) is 7.16. The first kappa shape index (κ1) is 29.9. The Hall–Kier alpha value is -4.10. The quantitative estimate of drug-likeness (QED) is 0.219. The molecule has 0 aliphatic rings. The Labute approximate surface area is 242 Å². The van der Waals surface area contributed by atoms with Gasteiger partial charge < -0.3 is 24.1 Å². The SMILES string of the molecule is Cc1cc([C@@H](C)Nc2ccccc2C(=O)OC(C)(C)C)c2oc(-c3ccc(OCCN(C)C)cc3)c(C)c(=O)c2c1. The number of carbonyl (C=O) groups is 1. The maximum Gasteiger partial charge on any atom is 0.340 e. The van der Waals surface area contributed by atoms with E-state index in [1.54, 1.807) is 13.0 Å². The molecule has 0 spiro atoms. The fourth-order valence-electron chi connectivity index (χ4n) is 4.64. The van der Waals surface area contributed by atoms with Gasteiger partial charge in [0.1, 0.15) is 29.3 Å². The van der Waals surface area contributed by atoms with E-state index in [2.05, 4.69) is 10.2 Å². The molecule has 0 unspecified atom stereocenters. The first-order chi connectivity index (χ1) is 19.3. The molecule has 0 fully saturated rings. The molecular formula is C34H40N2O5. The lowest BCUT2D eigenvalue weighted by Crippen LogP contribution is -2.24. The highest BCUT2D eigenvalue weighted by molar-refractivity contribution is 5.96. The van der Waals surface area contributed by atoms with Crippen LogP contribution in [0.25, 0.3) is 22.3 Å². The fraction of sp³-hybridized carbons (Fsp3) is 0.353. The number of anilines is 1. The molecule has 7 nitrogen and oxygen atoms in total. The van der Waals surface area contributed by atoms with Crippen molar-refractivity contribution in [3.63, 3.8) is 0 Å². The molecule has 1 atom stereocenters. The van der Waals surface area contributed by atoms with Gasteiger partial charge in [0, 0.05) is 28.9 Å². The molecule has 0 amide bonds. The number of likely N-dealkylation sites (N-methyl/N-ethyl adjacent to an activating group) is 1. The number of aryl methyl sites for hydroxylation is 1. The second kappa shape index (κ2) is 12.2. The van der Waals surface area contributed by atoms with E-state index in [1.165, 1.54) is 0 Å². The third-order valence-corrected chi connectivity index (χ3v) is 6.70. The van der Waals surface area contributed by atoms with Gasteiger partial charge in [0.15, 0.2) is 5.43 Å². The molecule has 41 heavy (non-hydrogen) atoms. The van der Waals surface area contributed by atoms with Crippen LogP contribution in [-0.2, 0) is 4.74 Å². The van der Waals surface area contributed by atoms with Crippen LogP contribution in [0.4, 0.5) is 5.69 Å². The number of carbonyl (C=O) groups excluding carboxylic acids is 1. The van der Waals surface area contributed by atoms with Crippen molar-refractivity contribution >= 4 is 22.6 Å². The number of esters is 1. The van der Waals surface area contributed by atoms with Gasteiger partial charge in [-0.15, -0.1) is 0 Å². The summed E-state index contributed by atoms with van der Waals surface area (Å²) in [4.78, 5) is 28.6. The molecule has 0 saturated carbocycles. The second-order valence-electron chi connectivity index (χ2n) is 11.7. The van der Waals surface area contributed by atoms with Crippen molar-refractivity contribution in [1.82, 2.24) is 4.90 Å². The first-order valence-electron chi connectivity index (χ1n) is 13.9. The summed E-state index contributed by atoms with van der Waals surface area (Å²) in [7, 11) is 4.01. The summed E-state index contributed by atoms with van der Waals surface area (Å²) >= 11 is 0. The third-order valence-electron chi connectivity index (χ3n) is 6.70. The van der Waals surface area contributed by atoms with Crippen molar-refractivity contribution in [1.29, 1.82) is 0 Å². The number of ether oxygens (including phenoxy) is 2. The van der Waals surface area contributed by atoms with Crippen LogP contribution in [-0.4, -0.2) is 43.7 Å². The summed E-state index contributed by atoms with van der Waals surface area (Å²) in [6.45, 7) is 12.7. The van der Waals surface area contributed by atoms with Crippen molar-refractivity contribution in [2.45, 2.75) is 53.2 Å². The van der Waals surface area contributed by atoms with Gasteiger partial charge >= 0.3 is 5.97 Å². The van der Waals surface area contributed by atoms with Gasteiger partial charge in [-0.25, -0.2) is 4.79 Å². The summed E-state index contributed by atoms with van der Waals surface area (Å²) in [5, 5.41) is 3.98. The van der Waals surface area contributed by atoms with E-state index in [9.17, 15) is 9.59 Å². The van der Waals surface area contributed by atoms with Crippen LogP contribution in [0.3, 0.4) is 0 Å². The Morgan fingerprint density at radius 1 is 1.02 bits per heavy atom. The Morgan fingerprint density at radius 3 is 2.37 bits per heavy atom. The predicted octanol–water partition coefficient (Wildman–Crippen LogP) is 7.15. The van der Waals surface area contributed by atoms with Gasteiger partial charge in [0.05, 0.1) is 17.0 Å². The van der Waals surface area contributed by atoms with Gasteiger partial charge in [-0.05, 0) is 104 Å². The monoisotopic (exact) mass is 556 g/mol. The lowest BCUT2D eigenvalue weighted by Gasteiger charge is -2.23. The van der Waals surface area contributed by atoms with Crippen molar-refractivity contribution in [3.05, 3.63) is 93.1 Å². The molecule has 0 aliphatic carbocycles. The zero-order valence-electron chi connectivity index (χ0n) is 25.3. The van der Waals surface area contributed by atoms with Gasteiger partial charge in [-0.3, -0.25) is 4.79 Å². The average Bonchev–Trinajstić information content (AvgIpc) is 2.90. The molecule has 7 heteroatoms. The molecule has 1 heterocycles. The number of benzene rings is 3. The van der Waals surface area contributed by atoms with Crippen LogP contribution < -0.4 is 15.5 Å². The summed E-state index contributed by atoms with van der Waals surface area (Å²) in [6, 6.07) is 18.5. The topological polar surface area (TPSA) is 81.0 Å². The smallest absolute Gasteiger partial charge is 0.340 e. The van der Waals surface area contributed by atoms with Crippen molar-refractivity contribution in [3.8, 4) is 17.1 Å². The Kier molecular flexibility index (Phi) is 8.88. The number of hydrogen-bond donors (Lipinski definition) is 1. The zero-order chi connectivity index (χ0) is 29.9. The lowest BCUT2D eigenvalue weighted by molar-refractivity contribution is 0.00706. The summed E-state index contributed by atoms with van der Waals surface area (Å²) in [5.41, 5.74) is 4.02. The Bertz CT molecular complexity index is 1600. The highest BCUT2D eigenvalue weighted by Crippen LogP contribution is 2.33. The molecule has 4 aromatic rings. The Morgan fingerprint density at radius 2 is 1.71 bits per heavy atom. The minimum atomic E-state index is -0.614. The van der Waals surface area contributed by atoms with E-state index in [4.69, 9.17) is 13.9 Å². The number of hydrogen-bond acceptors (Lipinski definition) is 7. The largest absolute Gasteiger partial charge is 0.492 e. The van der Waals surface area contributed by atoms with Crippen LogP contribution in [0, 0.1) is 13.8 Å². The molecular weight excluding hydrogens is 516 g/mol. The number of nitrogens with one attached hydrogen (secondary N) is 1. The number of para-hydroxylation sites is 1. The van der Waals surface area contributed by atoms with Crippen molar-refractivity contribution in [2.24, 2.45) is 0 Å². The van der Waals surface area contributed by atoms with E-state index in [0.29, 0.717) is 40.2 Å². The molecule has 1 aromatic heterocycles. The fourth-order valence-corrected chi connectivity index (χ4v) is 4.64. The summed E-state index contributed by atoms with van der Waals surface area (Å²) in [6.07, 6.45) is 0. The summed E-state index contributed by atoms with van der Waals surface area (Å²) in [5.74, 6) is 0.878. The summed E-state index contributed by atoms with van der Waals surface area (Å²) < 4.78 is 18.0. The molecule has 0 aliphatic heterocycles. The van der Waals surface area contributed by atoms with Crippen molar-refractivity contribution in [2.75, 3.05) is 32.6 Å². The van der Waals surface area contributed by atoms with Gasteiger partial charge in [0.2, 0.25) is 0 Å². The number of fused-ring (bicyclic) bond motifs is 1. The van der Waals surface area contributed by atoms with E-state index < -0.39 is 11.6 Å². The molecule has 0 bridgehead atoms. The van der Waals surface area contributed by atoms with E-state index >= 15 is 0 Å². The van der Waals surface area contributed by atoms with E-state index in [-0.39, 0.29) is 11.5 Å². The normalized spacial score (nSPS) is 12.4. The first-order valence-corrected chi connectivity index (χ1v) is 13.9. The molecule has 0 saturated heterocycles. The maximum atomic E-state index is 13.6. The predicted molar refractivity (Wildman–Crippen MR) is 165 cm³/mol. The lowest BCUT2D eigenvalue weighted by atomic mass is 9.98. The van der Waals surface area contributed by atoms with Crippen LogP contribution >= 0.6 is 0 Å². The van der Waals surface area contributed by atoms with E-state index in [1.807, 2.05) is 103 Å². The zero-order valence-corrected chi connectivity index (χ0v) is 25.3. The van der Waals surface area contributed by atoms with Crippen molar-refractivity contribution < 1.29 is 18.7 Å². The van der Waals surface area contributed by atoms with Crippen LogP contribution in [0.1, 0.15) is 60.8 Å². The second-order valence-corrected chi connectivity index (χ2v) is 11.7. The molecule has 4 rings (SSSR count). The molecule has 1 N–H and O–H groups in total. The minimum Gasteiger partial charge on any atom is -0.492 e. The highest BCUT2D eigenvalue weighted by Gasteiger charge is 2.23. The van der Waals surface area contributed by atoms with Gasteiger partial charge in [-0.1, -0.05) is 18.2 Å². The molecule has 0 radical (unpaired) electrons. The minimum absolute atomic E-state index is 0.0705. The van der Waals surface area contributed by atoms with Crippen LogP contribution in [0.5, 0.6) is 5.75 Å². The molecule has 216 valence electrons. The van der Waals surface area contributed by atoms with E-state index in [0.717, 1.165) is 29.0 Å². The van der Waals surface area contributed by atoms with Crippen LogP contribution in [0.15, 0.2) is 69.9 Å². The van der Waals surface area contributed by atoms with Crippen LogP contribution in [0.2, 0.25) is 0 Å². The highest BCUT2D eigenvalue weighted by atomic mass is 16.6. The van der Waals surface area contributed by atoms with Gasteiger partial charge in [-0.2, -0.15) is 0 Å². The maximum absolute atomic E-state index is 13.6. The average molecular weight is 557 g/mol. The Balaban J connectivity index is 1.71. The number of nitrogens with zero attached hydrogens (tertiary/aromatic N) is 1. The number of rotatable bonds is 9. The molecule has 3 aromatic carbocycles. The van der Waals surface area contributed by atoms with Gasteiger partial charge in [0.25, 0.3) is 0 Å². The standard InChI is InChI=1S/C34H40N2O5/c1-21-19-27(23(3)35-29-12-10-9-11-26(29)33(38)41-34(4,5)6)32-28(20-21)30(37)22(2)31(40-32)24-13-15-25(16-14-24)39-18-17-36(7)8/h9-16,19-20,23,35H,17-18H2,1-8H3/t23-/m1/s1.